The first kappa shape index (κ1) is 9.21. The fourth-order valence-electron chi connectivity index (χ4n) is 1.44. The molecule has 0 fully saturated rings. The number of imide groups is 1. The average Bonchev–Trinajstić information content (AvgIpc) is 2.43. The Kier molecular flexibility index (Phi) is 2.03. The molecule has 4 nitrogen and oxygen atoms in total. The predicted octanol–water partition coefficient (Wildman–Crippen LogP) is 2.08. The van der Waals surface area contributed by atoms with Crippen LogP contribution in [-0.4, -0.2) is 22.0 Å². The van der Waals surface area contributed by atoms with Crippen LogP contribution in [0, 0.1) is 0 Å². The molecule has 1 aromatic rings. The molecule has 14 heavy (non-hydrogen) atoms. The molecule has 2 amide bonds. The lowest BCUT2D eigenvalue weighted by Gasteiger charge is -2.06. The maximum Gasteiger partial charge on any atom is 0.414 e. The summed E-state index contributed by atoms with van der Waals surface area (Å²) < 4.78 is 0.844. The lowest BCUT2D eigenvalue weighted by atomic mass is 10.1. The molecule has 0 bridgehead atoms. The lowest BCUT2D eigenvalue weighted by Crippen LogP contribution is -2.29. The Labute approximate surface area is 88.3 Å². The van der Waals surface area contributed by atoms with Gasteiger partial charge in [-0.3, -0.25) is 4.79 Å². The molecule has 1 heterocycles. The van der Waals surface area contributed by atoms with E-state index in [1.165, 1.54) is 0 Å². The largest absolute Gasteiger partial charge is 0.465 e. The van der Waals surface area contributed by atoms with Gasteiger partial charge in [0.1, 0.15) is 0 Å². The number of rotatable bonds is 0. The Hall–Kier alpha value is -1.36. The highest BCUT2D eigenvalue weighted by molar-refractivity contribution is 9.10. The molecule has 0 atom stereocenters. The van der Waals surface area contributed by atoms with Gasteiger partial charge in [-0.1, -0.05) is 15.9 Å². The standard InChI is InChI=1S/C9H6BrNO3/c10-6-1-2-7-5(3-6)4-11(8(7)12)9(13)14/h1-3H,4H2,(H,13,14). The zero-order chi connectivity index (χ0) is 10.3. The van der Waals surface area contributed by atoms with Crippen LogP contribution < -0.4 is 0 Å². The Morgan fingerprint density at radius 1 is 1.50 bits per heavy atom. The van der Waals surface area contributed by atoms with E-state index in [4.69, 9.17) is 5.11 Å². The van der Waals surface area contributed by atoms with Gasteiger partial charge in [0, 0.05) is 10.0 Å². The molecule has 0 saturated carbocycles. The van der Waals surface area contributed by atoms with E-state index in [-0.39, 0.29) is 6.54 Å². The van der Waals surface area contributed by atoms with Gasteiger partial charge in [0.25, 0.3) is 5.91 Å². The lowest BCUT2D eigenvalue weighted by molar-refractivity contribution is 0.0764. The van der Waals surface area contributed by atoms with Crippen molar-refractivity contribution in [2.24, 2.45) is 0 Å². The van der Waals surface area contributed by atoms with Crippen LogP contribution >= 0.6 is 15.9 Å². The first-order valence-electron chi connectivity index (χ1n) is 3.93. The molecule has 5 heteroatoms. The van der Waals surface area contributed by atoms with Crippen molar-refractivity contribution in [3.63, 3.8) is 0 Å². The van der Waals surface area contributed by atoms with Crippen molar-refractivity contribution >= 4 is 27.9 Å². The quantitative estimate of drug-likeness (QED) is 0.773. The van der Waals surface area contributed by atoms with Gasteiger partial charge in [0.2, 0.25) is 0 Å². The molecular formula is C9H6BrNO3. The number of amides is 2. The zero-order valence-electron chi connectivity index (χ0n) is 7.03. The third kappa shape index (κ3) is 1.29. The number of carbonyl (C=O) groups is 2. The summed E-state index contributed by atoms with van der Waals surface area (Å²) in [4.78, 5) is 22.9. The molecule has 0 radical (unpaired) electrons. The van der Waals surface area contributed by atoms with Crippen molar-refractivity contribution < 1.29 is 14.7 Å². The fraction of sp³-hybridized carbons (Fsp3) is 0.111. The summed E-state index contributed by atoms with van der Waals surface area (Å²) in [6.45, 7) is 0.142. The van der Waals surface area contributed by atoms with E-state index >= 15 is 0 Å². The number of benzene rings is 1. The molecule has 0 spiro atoms. The highest BCUT2D eigenvalue weighted by Crippen LogP contribution is 2.25. The molecule has 1 aliphatic heterocycles. The Bertz CT molecular complexity index is 430. The van der Waals surface area contributed by atoms with Gasteiger partial charge in [-0.2, -0.15) is 0 Å². The van der Waals surface area contributed by atoms with Crippen molar-refractivity contribution in [1.82, 2.24) is 4.90 Å². The molecule has 0 aromatic heterocycles. The number of carbonyl (C=O) groups excluding carboxylic acids is 1. The van der Waals surface area contributed by atoms with Crippen molar-refractivity contribution in [2.45, 2.75) is 6.54 Å². The molecular weight excluding hydrogens is 250 g/mol. The second kappa shape index (κ2) is 3.09. The average molecular weight is 256 g/mol. The van der Waals surface area contributed by atoms with E-state index in [1.54, 1.807) is 18.2 Å². The number of fused-ring (bicyclic) bond motifs is 1. The molecule has 0 saturated heterocycles. The minimum atomic E-state index is -1.21. The predicted molar refractivity (Wildman–Crippen MR) is 52.0 cm³/mol. The number of hydrogen-bond acceptors (Lipinski definition) is 2. The molecule has 72 valence electrons. The summed E-state index contributed by atoms with van der Waals surface area (Å²) >= 11 is 3.26. The maximum atomic E-state index is 11.5. The summed E-state index contributed by atoms with van der Waals surface area (Å²) in [6, 6.07) is 5.11. The van der Waals surface area contributed by atoms with Crippen LogP contribution in [0.5, 0.6) is 0 Å². The van der Waals surface area contributed by atoms with Gasteiger partial charge in [-0.15, -0.1) is 0 Å². The number of carboxylic acid groups (broad SMARTS) is 1. The molecule has 1 aliphatic rings. The summed E-state index contributed by atoms with van der Waals surface area (Å²) in [5.41, 5.74) is 1.21. The molecule has 1 aromatic carbocycles. The zero-order valence-corrected chi connectivity index (χ0v) is 8.61. The maximum absolute atomic E-state index is 11.5. The number of halogens is 1. The molecule has 1 N–H and O–H groups in total. The van der Waals surface area contributed by atoms with Crippen LogP contribution in [0.1, 0.15) is 15.9 Å². The van der Waals surface area contributed by atoms with Crippen molar-refractivity contribution in [1.29, 1.82) is 0 Å². The van der Waals surface area contributed by atoms with E-state index in [2.05, 4.69) is 15.9 Å². The summed E-state index contributed by atoms with van der Waals surface area (Å²) in [7, 11) is 0. The van der Waals surface area contributed by atoms with Gasteiger partial charge in [-0.25, -0.2) is 9.69 Å². The third-order valence-electron chi connectivity index (χ3n) is 2.10. The highest BCUT2D eigenvalue weighted by Gasteiger charge is 2.31. The van der Waals surface area contributed by atoms with E-state index in [0.717, 1.165) is 14.9 Å². The third-order valence-corrected chi connectivity index (χ3v) is 2.60. The van der Waals surface area contributed by atoms with Crippen LogP contribution in [-0.2, 0) is 6.54 Å². The SMILES string of the molecule is O=C(O)N1Cc2cc(Br)ccc2C1=O. The van der Waals surface area contributed by atoms with Crippen molar-refractivity contribution in [3.05, 3.63) is 33.8 Å². The van der Waals surface area contributed by atoms with Crippen molar-refractivity contribution in [2.75, 3.05) is 0 Å². The number of hydrogen-bond donors (Lipinski definition) is 1. The Morgan fingerprint density at radius 3 is 2.86 bits per heavy atom. The second-order valence-electron chi connectivity index (χ2n) is 2.98. The first-order chi connectivity index (χ1) is 6.59. The minimum Gasteiger partial charge on any atom is -0.465 e. The topological polar surface area (TPSA) is 57.6 Å². The summed E-state index contributed by atoms with van der Waals surface area (Å²) in [6.07, 6.45) is -1.21. The monoisotopic (exact) mass is 255 g/mol. The molecule has 0 unspecified atom stereocenters. The van der Waals surface area contributed by atoms with Gasteiger partial charge < -0.3 is 5.11 Å². The van der Waals surface area contributed by atoms with E-state index in [0.29, 0.717) is 5.56 Å². The minimum absolute atomic E-state index is 0.142. The van der Waals surface area contributed by atoms with Crippen LogP contribution in [0.25, 0.3) is 0 Å². The van der Waals surface area contributed by atoms with E-state index in [9.17, 15) is 9.59 Å². The Morgan fingerprint density at radius 2 is 2.21 bits per heavy atom. The van der Waals surface area contributed by atoms with Crippen molar-refractivity contribution in [3.8, 4) is 0 Å². The second-order valence-corrected chi connectivity index (χ2v) is 3.89. The molecule has 2 rings (SSSR count). The van der Waals surface area contributed by atoms with Gasteiger partial charge in [0.15, 0.2) is 0 Å². The van der Waals surface area contributed by atoms with Crippen LogP contribution in [0.2, 0.25) is 0 Å². The van der Waals surface area contributed by atoms with Gasteiger partial charge in [-0.05, 0) is 23.8 Å². The molecule has 0 aliphatic carbocycles. The van der Waals surface area contributed by atoms with Gasteiger partial charge in [0.05, 0.1) is 6.54 Å². The summed E-state index contributed by atoms with van der Waals surface area (Å²) in [5.74, 6) is -0.444. The van der Waals surface area contributed by atoms with Crippen LogP contribution in [0.3, 0.4) is 0 Å². The van der Waals surface area contributed by atoms with Gasteiger partial charge >= 0.3 is 6.09 Å². The first-order valence-corrected chi connectivity index (χ1v) is 4.72. The normalized spacial score (nSPS) is 14.4. The number of nitrogens with zero attached hydrogens (tertiary/aromatic N) is 1. The fourth-order valence-corrected chi connectivity index (χ4v) is 1.85. The smallest absolute Gasteiger partial charge is 0.414 e. The van der Waals surface area contributed by atoms with Crippen LogP contribution in [0.4, 0.5) is 4.79 Å². The van der Waals surface area contributed by atoms with E-state index in [1.807, 2.05) is 0 Å². The summed E-state index contributed by atoms with van der Waals surface area (Å²) in [5, 5.41) is 8.72. The highest BCUT2D eigenvalue weighted by atomic mass is 79.9. The van der Waals surface area contributed by atoms with E-state index < -0.39 is 12.0 Å². The van der Waals surface area contributed by atoms with Crippen LogP contribution in [0.15, 0.2) is 22.7 Å². The Balaban J connectivity index is 2.45.